The zero-order valence-corrected chi connectivity index (χ0v) is 10.5. The molecular weight excluding hydrogens is 222 g/mol. The number of hydrogen-bond acceptors (Lipinski definition) is 3. The van der Waals surface area contributed by atoms with E-state index in [-0.39, 0.29) is 0 Å². The minimum atomic E-state index is 0.381. The Morgan fingerprint density at radius 3 is 2.22 bits per heavy atom. The molecule has 1 aliphatic heterocycles. The van der Waals surface area contributed by atoms with E-state index >= 15 is 0 Å². The fourth-order valence-corrected chi connectivity index (χ4v) is 2.37. The largest absolute Gasteiger partial charge is 0.293 e. The molecule has 1 atom stereocenters. The minimum absolute atomic E-state index is 0.381. The molecule has 0 spiro atoms. The second-order valence-electron chi connectivity index (χ2n) is 4.58. The summed E-state index contributed by atoms with van der Waals surface area (Å²) in [5, 5.41) is 4.33. The van der Waals surface area contributed by atoms with Gasteiger partial charge in [-0.1, -0.05) is 48.5 Å². The number of likely N-dealkylation sites (N-methyl/N-ethyl adjacent to an activating group) is 1. The fourth-order valence-electron chi connectivity index (χ4n) is 2.37. The lowest BCUT2D eigenvalue weighted by Crippen LogP contribution is -2.37. The van der Waals surface area contributed by atoms with E-state index in [4.69, 9.17) is 0 Å². The van der Waals surface area contributed by atoms with Crippen LogP contribution in [0.4, 0.5) is 5.69 Å². The lowest BCUT2D eigenvalue weighted by atomic mass is 10.1. The summed E-state index contributed by atoms with van der Waals surface area (Å²) in [6, 6.07) is 21.4. The molecule has 2 aromatic rings. The molecule has 1 aliphatic rings. The Balaban J connectivity index is 1.81. The number of nitrogens with zero attached hydrogens (tertiary/aromatic N) is 2. The summed E-state index contributed by atoms with van der Waals surface area (Å²) < 4.78 is 0. The van der Waals surface area contributed by atoms with E-state index in [0.29, 0.717) is 6.04 Å². The van der Waals surface area contributed by atoms with Crippen LogP contribution in [0.25, 0.3) is 0 Å². The summed E-state index contributed by atoms with van der Waals surface area (Å²) in [6.07, 6.45) is 0. The Labute approximate surface area is 108 Å². The highest BCUT2D eigenvalue weighted by Crippen LogP contribution is 2.26. The van der Waals surface area contributed by atoms with Crippen molar-refractivity contribution >= 4 is 5.69 Å². The van der Waals surface area contributed by atoms with E-state index in [1.165, 1.54) is 11.3 Å². The summed E-state index contributed by atoms with van der Waals surface area (Å²) in [4.78, 5) is 0. The lowest BCUT2D eigenvalue weighted by molar-refractivity contribution is 0.240. The molecule has 18 heavy (non-hydrogen) atoms. The van der Waals surface area contributed by atoms with Crippen molar-refractivity contribution in [2.45, 2.75) is 6.04 Å². The molecule has 1 fully saturated rings. The number of hydrazine groups is 2. The monoisotopic (exact) mass is 239 g/mol. The molecule has 3 rings (SSSR count). The van der Waals surface area contributed by atoms with Crippen LogP contribution in [-0.4, -0.2) is 18.6 Å². The molecule has 0 amide bonds. The van der Waals surface area contributed by atoms with Crippen LogP contribution in [0.15, 0.2) is 60.7 Å². The van der Waals surface area contributed by atoms with Crippen LogP contribution in [0.2, 0.25) is 0 Å². The van der Waals surface area contributed by atoms with Gasteiger partial charge in [0.2, 0.25) is 0 Å². The molecular formula is C15H17N3. The van der Waals surface area contributed by atoms with Crippen LogP contribution in [0.1, 0.15) is 11.6 Å². The first-order valence-electron chi connectivity index (χ1n) is 6.21. The molecule has 0 radical (unpaired) electrons. The highest BCUT2D eigenvalue weighted by molar-refractivity contribution is 5.46. The number of benzene rings is 2. The highest BCUT2D eigenvalue weighted by atomic mass is 15.8. The van der Waals surface area contributed by atoms with Crippen LogP contribution in [0, 0.1) is 0 Å². The molecule has 3 nitrogen and oxygen atoms in total. The average Bonchev–Trinajstić information content (AvgIpc) is 2.83. The smallest absolute Gasteiger partial charge is 0.0698 e. The number of nitrogens with one attached hydrogen (secondary N) is 1. The van der Waals surface area contributed by atoms with Crippen LogP contribution in [-0.2, 0) is 0 Å². The Hall–Kier alpha value is -1.84. The summed E-state index contributed by atoms with van der Waals surface area (Å²) in [5.74, 6) is 0. The third-order valence-corrected chi connectivity index (χ3v) is 3.35. The predicted octanol–water partition coefficient (Wildman–Crippen LogP) is 2.60. The zero-order chi connectivity index (χ0) is 12.4. The van der Waals surface area contributed by atoms with E-state index in [0.717, 1.165) is 6.54 Å². The van der Waals surface area contributed by atoms with Gasteiger partial charge in [-0.05, 0) is 17.7 Å². The van der Waals surface area contributed by atoms with Crippen molar-refractivity contribution in [1.29, 1.82) is 0 Å². The van der Waals surface area contributed by atoms with Gasteiger partial charge in [0, 0.05) is 7.05 Å². The molecule has 0 aromatic heterocycles. The van der Waals surface area contributed by atoms with Gasteiger partial charge in [0.15, 0.2) is 0 Å². The number of anilines is 1. The van der Waals surface area contributed by atoms with Crippen LogP contribution < -0.4 is 10.5 Å². The first kappa shape index (κ1) is 11.3. The Morgan fingerprint density at radius 1 is 0.944 bits per heavy atom. The maximum absolute atomic E-state index is 3.39. The summed E-state index contributed by atoms with van der Waals surface area (Å²) in [5.41, 5.74) is 5.92. The van der Waals surface area contributed by atoms with Crippen LogP contribution in [0.3, 0.4) is 0 Å². The zero-order valence-electron chi connectivity index (χ0n) is 10.5. The minimum Gasteiger partial charge on any atom is -0.293 e. The Morgan fingerprint density at radius 2 is 1.56 bits per heavy atom. The summed E-state index contributed by atoms with van der Waals surface area (Å²) in [7, 11) is 2.08. The second-order valence-corrected chi connectivity index (χ2v) is 4.58. The van der Waals surface area contributed by atoms with E-state index < -0.39 is 0 Å². The Kier molecular flexibility index (Phi) is 3.00. The van der Waals surface area contributed by atoms with Crippen molar-refractivity contribution in [1.82, 2.24) is 10.5 Å². The van der Waals surface area contributed by atoms with Crippen molar-refractivity contribution in [3.05, 3.63) is 66.2 Å². The summed E-state index contributed by atoms with van der Waals surface area (Å²) in [6.45, 7) is 0.949. The van der Waals surface area contributed by atoms with Crippen LogP contribution >= 0.6 is 0 Å². The Bertz CT molecular complexity index is 498. The first-order chi connectivity index (χ1) is 8.84. The normalized spacial score (nSPS) is 20.3. The number of para-hydroxylation sites is 1. The van der Waals surface area contributed by atoms with Gasteiger partial charge in [-0.3, -0.25) is 5.01 Å². The lowest BCUT2D eigenvalue weighted by Gasteiger charge is -2.18. The third kappa shape index (κ3) is 2.10. The van der Waals surface area contributed by atoms with Crippen molar-refractivity contribution in [3.63, 3.8) is 0 Å². The SMILES string of the molecule is CN1NN(c2ccccc2)CC1c1ccccc1. The van der Waals surface area contributed by atoms with Gasteiger partial charge in [0.05, 0.1) is 18.3 Å². The molecule has 0 saturated carbocycles. The quantitative estimate of drug-likeness (QED) is 0.869. The third-order valence-electron chi connectivity index (χ3n) is 3.35. The highest BCUT2D eigenvalue weighted by Gasteiger charge is 2.28. The number of rotatable bonds is 2. The molecule has 1 N–H and O–H groups in total. The molecule has 0 bridgehead atoms. The summed E-state index contributed by atoms with van der Waals surface area (Å²) >= 11 is 0. The van der Waals surface area contributed by atoms with E-state index in [9.17, 15) is 0 Å². The molecule has 1 saturated heterocycles. The molecule has 2 aromatic carbocycles. The van der Waals surface area contributed by atoms with Gasteiger partial charge in [-0.2, -0.15) is 5.53 Å². The van der Waals surface area contributed by atoms with Gasteiger partial charge in [-0.15, -0.1) is 0 Å². The molecule has 1 heterocycles. The maximum Gasteiger partial charge on any atom is 0.0698 e. The topological polar surface area (TPSA) is 18.5 Å². The van der Waals surface area contributed by atoms with Gasteiger partial charge in [0.25, 0.3) is 0 Å². The number of hydrogen-bond donors (Lipinski definition) is 1. The molecule has 1 unspecified atom stereocenters. The van der Waals surface area contributed by atoms with Crippen molar-refractivity contribution in [2.24, 2.45) is 0 Å². The first-order valence-corrected chi connectivity index (χ1v) is 6.21. The van der Waals surface area contributed by atoms with Gasteiger partial charge < -0.3 is 0 Å². The van der Waals surface area contributed by atoms with Crippen molar-refractivity contribution in [3.8, 4) is 0 Å². The van der Waals surface area contributed by atoms with E-state index in [2.05, 4.69) is 77.2 Å². The van der Waals surface area contributed by atoms with Gasteiger partial charge in [0.1, 0.15) is 0 Å². The van der Waals surface area contributed by atoms with Gasteiger partial charge >= 0.3 is 0 Å². The standard InChI is InChI=1S/C15H17N3/c1-17-15(13-8-4-2-5-9-13)12-18(16-17)14-10-6-3-7-11-14/h2-11,15-16H,12H2,1H3. The maximum atomic E-state index is 3.39. The predicted molar refractivity (Wildman–Crippen MR) is 73.9 cm³/mol. The second kappa shape index (κ2) is 4.80. The molecule has 0 aliphatic carbocycles. The molecule has 92 valence electrons. The van der Waals surface area contributed by atoms with Crippen LogP contribution in [0.5, 0.6) is 0 Å². The van der Waals surface area contributed by atoms with E-state index in [1.54, 1.807) is 0 Å². The van der Waals surface area contributed by atoms with Crippen molar-refractivity contribution < 1.29 is 0 Å². The van der Waals surface area contributed by atoms with Gasteiger partial charge in [-0.25, -0.2) is 5.01 Å². The average molecular weight is 239 g/mol. The molecule has 3 heteroatoms. The van der Waals surface area contributed by atoms with E-state index in [1.807, 2.05) is 6.07 Å². The fraction of sp³-hybridized carbons (Fsp3) is 0.200. The van der Waals surface area contributed by atoms with Crippen molar-refractivity contribution in [2.75, 3.05) is 18.6 Å².